The number of anilines is 1. The van der Waals surface area contributed by atoms with Crippen molar-refractivity contribution in [3.63, 3.8) is 0 Å². The predicted octanol–water partition coefficient (Wildman–Crippen LogP) is 4.51. The van der Waals surface area contributed by atoms with E-state index >= 15 is 0 Å². The molecule has 1 aromatic heterocycles. The number of amides is 2. The van der Waals surface area contributed by atoms with E-state index in [-0.39, 0.29) is 41.8 Å². The summed E-state index contributed by atoms with van der Waals surface area (Å²) in [6.07, 6.45) is 0.350. The van der Waals surface area contributed by atoms with E-state index in [2.05, 4.69) is 9.88 Å². The number of rotatable bonds is 12. The Morgan fingerprint density at radius 1 is 0.957 bits per heavy atom. The average Bonchev–Trinajstić information content (AvgIpc) is 3.40. The van der Waals surface area contributed by atoms with Crippen molar-refractivity contribution in [3.05, 3.63) is 65.2 Å². The number of H-pyrrole nitrogens is 1. The molecule has 0 spiro atoms. The number of nitrogens with zero attached hydrogens (tertiary/aromatic N) is 3. The number of halogens is 2. The molecule has 0 saturated carbocycles. The predicted molar refractivity (Wildman–Crippen MR) is 189 cm³/mol. The van der Waals surface area contributed by atoms with Gasteiger partial charge in [-0.1, -0.05) is 24.3 Å². The van der Waals surface area contributed by atoms with Crippen molar-refractivity contribution >= 4 is 80.7 Å². The van der Waals surface area contributed by atoms with Crippen LogP contribution in [0.4, 0.5) is 5.69 Å². The van der Waals surface area contributed by atoms with Crippen LogP contribution in [0.5, 0.6) is 0 Å². The highest BCUT2D eigenvalue weighted by molar-refractivity contribution is 8.14. The topological polar surface area (TPSA) is 154 Å². The SMILES string of the molecule is Cc1c(-c2ccc(C(N)=O)c3[nH]c4cc(C(=O)N5CCN(C)CC5)ccc4c23)cccc1N(CCCS(=O)(=O)CCCCl)S(=O)(=O)Cl. The number of piperazine rings is 1. The molecule has 3 aromatic carbocycles. The molecule has 0 atom stereocenters. The zero-order chi connectivity index (χ0) is 34.1. The molecule has 0 aliphatic carbocycles. The Hall–Kier alpha value is -3.36. The zero-order valence-corrected chi connectivity index (χ0v) is 29.3. The van der Waals surface area contributed by atoms with E-state index in [1.807, 2.05) is 24.1 Å². The van der Waals surface area contributed by atoms with Crippen molar-refractivity contribution in [2.45, 2.75) is 19.8 Å². The Balaban J connectivity index is 1.57. The van der Waals surface area contributed by atoms with Gasteiger partial charge >= 0.3 is 9.24 Å². The molecule has 0 unspecified atom stereocenters. The molecule has 11 nitrogen and oxygen atoms in total. The standard InChI is InChI=1S/C32H37Cl2N5O6S2/c1-21-23(6-3-7-28(21)39(47(34,44)45)13-5-19-46(42,43)18-4-12-33)24-10-11-26(31(35)40)30-29(24)25-9-8-22(20-27(25)36-30)32(41)38-16-14-37(2)15-17-38/h3,6-11,20,36H,4-5,12-19H2,1-2H3,(H2,35,40). The van der Waals surface area contributed by atoms with Crippen LogP contribution >= 0.6 is 22.3 Å². The van der Waals surface area contributed by atoms with Gasteiger partial charge in [-0.25, -0.2) is 8.42 Å². The van der Waals surface area contributed by atoms with Gasteiger partial charge in [0.25, 0.3) is 11.8 Å². The molecule has 5 rings (SSSR count). The molecular weight excluding hydrogens is 685 g/mol. The maximum Gasteiger partial charge on any atom is 0.321 e. The number of primary amides is 1. The van der Waals surface area contributed by atoms with E-state index in [1.165, 1.54) is 0 Å². The van der Waals surface area contributed by atoms with Crippen LogP contribution < -0.4 is 10.0 Å². The van der Waals surface area contributed by atoms with E-state index in [4.69, 9.17) is 28.0 Å². The normalized spacial score (nSPS) is 14.6. The van der Waals surface area contributed by atoms with Gasteiger partial charge in [-0.15, -0.1) is 11.6 Å². The molecule has 1 saturated heterocycles. The largest absolute Gasteiger partial charge is 0.366 e. The maximum absolute atomic E-state index is 13.3. The van der Waals surface area contributed by atoms with Crippen LogP contribution in [0.15, 0.2) is 48.5 Å². The Bertz CT molecular complexity index is 2060. The van der Waals surface area contributed by atoms with Crippen molar-refractivity contribution in [2.75, 3.05) is 61.5 Å². The number of carbonyl (C=O) groups is 2. The number of fused-ring (bicyclic) bond motifs is 3. The fourth-order valence-corrected chi connectivity index (χ4v) is 8.96. The minimum absolute atomic E-state index is 0.0371. The van der Waals surface area contributed by atoms with E-state index in [1.54, 1.807) is 43.3 Å². The third-order valence-electron chi connectivity index (χ3n) is 8.59. The van der Waals surface area contributed by atoms with Crippen LogP contribution in [0.3, 0.4) is 0 Å². The van der Waals surface area contributed by atoms with Gasteiger partial charge in [0.15, 0.2) is 0 Å². The van der Waals surface area contributed by atoms with Crippen LogP contribution in [0.1, 0.15) is 39.1 Å². The van der Waals surface area contributed by atoms with E-state index in [0.29, 0.717) is 63.9 Å². The quantitative estimate of drug-likeness (QED) is 0.161. The van der Waals surface area contributed by atoms with Gasteiger partial charge in [0.05, 0.1) is 28.3 Å². The van der Waals surface area contributed by atoms with Crippen LogP contribution in [0.2, 0.25) is 0 Å². The number of aromatic amines is 1. The smallest absolute Gasteiger partial charge is 0.321 e. The number of hydrogen-bond acceptors (Lipinski definition) is 7. The summed E-state index contributed by atoms with van der Waals surface area (Å²) in [5, 5.41) is 1.43. The molecule has 2 amide bonds. The van der Waals surface area contributed by atoms with E-state index < -0.39 is 25.0 Å². The first-order valence-corrected chi connectivity index (χ1v) is 19.8. The number of sulfone groups is 1. The summed E-state index contributed by atoms with van der Waals surface area (Å²) < 4.78 is 51.3. The molecule has 252 valence electrons. The lowest BCUT2D eigenvalue weighted by Gasteiger charge is -2.32. The van der Waals surface area contributed by atoms with Crippen molar-refractivity contribution < 1.29 is 26.4 Å². The molecule has 2 heterocycles. The van der Waals surface area contributed by atoms with Gasteiger partial charge in [-0.3, -0.25) is 13.9 Å². The number of hydrogen-bond donors (Lipinski definition) is 2. The third kappa shape index (κ3) is 7.54. The second-order valence-electron chi connectivity index (χ2n) is 11.8. The lowest BCUT2D eigenvalue weighted by atomic mass is 9.93. The highest BCUT2D eigenvalue weighted by Crippen LogP contribution is 2.40. The van der Waals surface area contributed by atoms with Gasteiger partial charge < -0.3 is 20.5 Å². The second kappa shape index (κ2) is 14.0. The number of alkyl halides is 1. The van der Waals surface area contributed by atoms with Crippen LogP contribution in [0.25, 0.3) is 32.9 Å². The van der Waals surface area contributed by atoms with Gasteiger partial charge in [0, 0.05) is 71.1 Å². The third-order valence-corrected chi connectivity index (χ3v) is 12.1. The zero-order valence-electron chi connectivity index (χ0n) is 26.1. The number of likely N-dealkylation sites (N-methyl/N-ethyl adjacent to an activating group) is 1. The summed E-state index contributed by atoms with van der Waals surface area (Å²) in [7, 11) is 0.205. The lowest BCUT2D eigenvalue weighted by Crippen LogP contribution is -2.47. The monoisotopic (exact) mass is 721 g/mol. The fourth-order valence-electron chi connectivity index (χ4n) is 6.10. The van der Waals surface area contributed by atoms with E-state index in [0.717, 1.165) is 22.8 Å². The van der Waals surface area contributed by atoms with Gasteiger partial charge in [0.2, 0.25) is 0 Å². The summed E-state index contributed by atoms with van der Waals surface area (Å²) in [4.78, 5) is 33.2. The average molecular weight is 723 g/mol. The van der Waals surface area contributed by atoms with Crippen molar-refractivity contribution in [2.24, 2.45) is 5.73 Å². The van der Waals surface area contributed by atoms with Gasteiger partial charge in [-0.05, 0) is 67.8 Å². The highest BCUT2D eigenvalue weighted by Gasteiger charge is 2.26. The molecule has 1 fully saturated rings. The van der Waals surface area contributed by atoms with E-state index in [9.17, 15) is 26.4 Å². The molecule has 1 aliphatic heterocycles. The van der Waals surface area contributed by atoms with Crippen molar-refractivity contribution in [3.8, 4) is 11.1 Å². The summed E-state index contributed by atoms with van der Waals surface area (Å²) in [5.41, 5.74) is 9.91. The Kier molecular flexibility index (Phi) is 10.4. The van der Waals surface area contributed by atoms with Crippen molar-refractivity contribution in [1.29, 1.82) is 0 Å². The Morgan fingerprint density at radius 2 is 1.66 bits per heavy atom. The van der Waals surface area contributed by atoms with Crippen LogP contribution in [-0.2, 0) is 19.1 Å². The number of benzene rings is 3. The minimum atomic E-state index is -4.30. The molecule has 1 aliphatic rings. The molecule has 15 heteroatoms. The summed E-state index contributed by atoms with van der Waals surface area (Å²) >= 11 is 5.64. The first-order valence-electron chi connectivity index (χ1n) is 15.2. The minimum Gasteiger partial charge on any atom is -0.366 e. The fraction of sp³-hybridized carbons (Fsp3) is 0.375. The van der Waals surface area contributed by atoms with Gasteiger partial charge in [-0.2, -0.15) is 8.42 Å². The summed E-state index contributed by atoms with van der Waals surface area (Å²) in [6.45, 7) is 4.45. The molecule has 4 aromatic rings. The van der Waals surface area contributed by atoms with Crippen LogP contribution in [-0.4, -0.2) is 101 Å². The molecule has 0 radical (unpaired) electrons. The maximum atomic E-state index is 13.3. The number of nitrogens with two attached hydrogens (primary N) is 1. The van der Waals surface area contributed by atoms with Gasteiger partial charge in [0.1, 0.15) is 9.84 Å². The first kappa shape index (κ1) is 35.0. The molecule has 0 bridgehead atoms. The van der Waals surface area contributed by atoms with Crippen molar-refractivity contribution in [1.82, 2.24) is 14.8 Å². The second-order valence-corrected chi connectivity index (χ2v) is 16.9. The molecule has 47 heavy (non-hydrogen) atoms. The van der Waals surface area contributed by atoms with Crippen LogP contribution in [0, 0.1) is 6.92 Å². The Morgan fingerprint density at radius 3 is 2.32 bits per heavy atom. The number of nitrogens with one attached hydrogen (secondary N) is 1. The lowest BCUT2D eigenvalue weighted by molar-refractivity contribution is 0.0664. The highest BCUT2D eigenvalue weighted by atomic mass is 35.7. The number of aromatic nitrogens is 1. The molecular formula is C32H37Cl2N5O6S2. The first-order chi connectivity index (χ1) is 22.2. The summed E-state index contributed by atoms with van der Waals surface area (Å²) in [5.74, 6) is -0.783. The Labute approximate surface area is 284 Å². The summed E-state index contributed by atoms with van der Waals surface area (Å²) in [6, 6.07) is 13.9. The number of carbonyl (C=O) groups excluding carboxylic acids is 2. The molecule has 3 N–H and O–H groups in total.